The Labute approximate surface area is 178 Å². The van der Waals surface area contributed by atoms with E-state index in [9.17, 15) is 14.4 Å². The van der Waals surface area contributed by atoms with E-state index >= 15 is 0 Å². The van der Waals surface area contributed by atoms with Crippen LogP contribution in [0.1, 0.15) is 38.5 Å². The number of hydrogen-bond donors (Lipinski definition) is 2. The van der Waals surface area contributed by atoms with Crippen LogP contribution in [0, 0.1) is 5.92 Å². The Hall–Kier alpha value is -3.25. The maximum Gasteiger partial charge on any atom is 0.415 e. The number of rotatable bonds is 8. The van der Waals surface area contributed by atoms with Crippen LogP contribution in [0.3, 0.4) is 0 Å². The molecule has 3 rings (SSSR count). The first-order valence-electron chi connectivity index (χ1n) is 9.83. The molecule has 12 nitrogen and oxygen atoms in total. The van der Waals surface area contributed by atoms with Crippen molar-refractivity contribution in [1.82, 2.24) is 14.6 Å². The lowest BCUT2D eigenvalue weighted by atomic mass is 10.1. The molecule has 0 spiro atoms. The molecule has 3 heterocycles. The number of ether oxygens (including phenoxy) is 4. The molecule has 3 N–H and O–H groups in total. The first-order chi connectivity index (χ1) is 14.9. The zero-order valence-electron chi connectivity index (χ0n) is 17.3. The Kier molecular flexibility index (Phi) is 7.36. The zero-order chi connectivity index (χ0) is 22.4. The van der Waals surface area contributed by atoms with Crippen LogP contribution in [0.25, 0.3) is 5.52 Å². The lowest BCUT2D eigenvalue weighted by Gasteiger charge is -2.14. The van der Waals surface area contributed by atoms with E-state index in [4.69, 9.17) is 24.7 Å². The molecule has 0 bridgehead atoms. The average Bonchev–Trinajstić information content (AvgIpc) is 3.39. The second-order valence-electron chi connectivity index (χ2n) is 7.17. The highest BCUT2D eigenvalue weighted by Crippen LogP contribution is 2.34. The Morgan fingerprint density at radius 3 is 2.81 bits per heavy atom. The Morgan fingerprint density at radius 1 is 1.26 bits per heavy atom. The highest BCUT2D eigenvalue weighted by Gasteiger charge is 2.30. The molecule has 0 saturated carbocycles. The van der Waals surface area contributed by atoms with Gasteiger partial charge in [-0.15, -0.1) is 0 Å². The SMILES string of the molecule is CC(C)C(=O)OCOC(=O)Nc1ncnn2c(C3CCC(COC(=O)CN)O3)ccc12. The Morgan fingerprint density at radius 2 is 2.06 bits per heavy atom. The largest absolute Gasteiger partial charge is 0.462 e. The number of esters is 2. The molecule has 2 atom stereocenters. The van der Waals surface area contributed by atoms with Crippen LogP contribution in [0.4, 0.5) is 10.6 Å². The van der Waals surface area contributed by atoms with E-state index in [1.807, 2.05) is 6.07 Å². The molecule has 1 aliphatic heterocycles. The van der Waals surface area contributed by atoms with Gasteiger partial charge >= 0.3 is 18.0 Å². The summed E-state index contributed by atoms with van der Waals surface area (Å²) in [5, 5.41) is 6.74. The predicted molar refractivity (Wildman–Crippen MR) is 106 cm³/mol. The van der Waals surface area contributed by atoms with Gasteiger partial charge in [0.1, 0.15) is 24.6 Å². The molecular weight excluding hydrogens is 410 g/mol. The van der Waals surface area contributed by atoms with Gasteiger partial charge in [-0.2, -0.15) is 5.10 Å². The van der Waals surface area contributed by atoms with Crippen molar-refractivity contribution in [3.05, 3.63) is 24.2 Å². The van der Waals surface area contributed by atoms with Gasteiger partial charge < -0.3 is 24.7 Å². The summed E-state index contributed by atoms with van der Waals surface area (Å²) in [6.45, 7) is 2.82. The second-order valence-corrected chi connectivity index (χ2v) is 7.17. The summed E-state index contributed by atoms with van der Waals surface area (Å²) in [5.41, 5.74) is 6.54. The molecule has 1 fully saturated rings. The van der Waals surface area contributed by atoms with Gasteiger partial charge in [-0.3, -0.25) is 14.9 Å². The number of nitrogens with two attached hydrogens (primary N) is 1. The lowest BCUT2D eigenvalue weighted by molar-refractivity contribution is -0.155. The standard InChI is InChI=1S/C19H25N5O7/c1-11(2)18(26)29-10-30-19(27)23-17-14-5-4-13(24(14)22-9-21-17)15-6-3-12(31-15)8-28-16(25)7-20/h4-5,9,11-12,15H,3,6-8,10,20H2,1-2H3,(H,21,22,23,27). The molecule has 1 saturated heterocycles. The molecule has 2 aromatic heterocycles. The topological polar surface area (TPSA) is 156 Å². The van der Waals surface area contributed by atoms with Crippen molar-refractivity contribution in [3.8, 4) is 0 Å². The summed E-state index contributed by atoms with van der Waals surface area (Å²) in [6, 6.07) is 3.57. The van der Waals surface area contributed by atoms with Crippen molar-refractivity contribution in [3.63, 3.8) is 0 Å². The van der Waals surface area contributed by atoms with Gasteiger partial charge in [-0.1, -0.05) is 13.8 Å². The fourth-order valence-electron chi connectivity index (χ4n) is 3.03. The number of fused-ring (bicyclic) bond motifs is 1. The van der Waals surface area contributed by atoms with Crippen molar-refractivity contribution in [1.29, 1.82) is 0 Å². The molecule has 0 aliphatic carbocycles. The van der Waals surface area contributed by atoms with E-state index in [0.29, 0.717) is 18.4 Å². The van der Waals surface area contributed by atoms with Crippen molar-refractivity contribution in [2.75, 3.05) is 25.3 Å². The van der Waals surface area contributed by atoms with Crippen LogP contribution >= 0.6 is 0 Å². The number of nitrogens with one attached hydrogen (secondary N) is 1. The minimum absolute atomic E-state index is 0.144. The van der Waals surface area contributed by atoms with Crippen LogP contribution in [0.2, 0.25) is 0 Å². The normalized spacial score (nSPS) is 18.2. The summed E-state index contributed by atoms with van der Waals surface area (Å²) < 4.78 is 22.3. The molecule has 31 heavy (non-hydrogen) atoms. The first-order valence-corrected chi connectivity index (χ1v) is 9.83. The van der Waals surface area contributed by atoms with Gasteiger partial charge in [-0.05, 0) is 25.0 Å². The first kappa shape index (κ1) is 22.4. The van der Waals surface area contributed by atoms with E-state index in [0.717, 1.165) is 5.69 Å². The van der Waals surface area contributed by atoms with E-state index in [1.54, 1.807) is 24.4 Å². The summed E-state index contributed by atoms with van der Waals surface area (Å²) in [5.74, 6) is -1.04. The molecule has 0 aromatic carbocycles. The average molecular weight is 435 g/mol. The highest BCUT2D eigenvalue weighted by atomic mass is 16.7. The number of amides is 1. The maximum atomic E-state index is 12.0. The minimum atomic E-state index is -0.821. The van der Waals surface area contributed by atoms with Crippen LogP contribution in [0.5, 0.6) is 0 Å². The van der Waals surface area contributed by atoms with Crippen LogP contribution in [-0.2, 0) is 28.5 Å². The van der Waals surface area contributed by atoms with Gasteiger partial charge in [0, 0.05) is 0 Å². The number of aromatic nitrogens is 3. The zero-order valence-corrected chi connectivity index (χ0v) is 17.3. The number of carbonyl (C=O) groups excluding carboxylic acids is 3. The lowest BCUT2D eigenvalue weighted by Crippen LogP contribution is -2.23. The maximum absolute atomic E-state index is 12.0. The number of nitrogens with zero attached hydrogens (tertiary/aromatic N) is 3. The quantitative estimate of drug-likeness (QED) is 0.455. The van der Waals surface area contributed by atoms with Crippen molar-refractivity contribution in [2.24, 2.45) is 11.7 Å². The minimum Gasteiger partial charge on any atom is -0.462 e. The molecule has 168 valence electrons. The number of carbonyl (C=O) groups is 3. The summed E-state index contributed by atoms with van der Waals surface area (Å²) in [7, 11) is 0. The second kappa shape index (κ2) is 10.2. The fourth-order valence-corrected chi connectivity index (χ4v) is 3.03. The van der Waals surface area contributed by atoms with E-state index in [-0.39, 0.29) is 37.1 Å². The third kappa shape index (κ3) is 5.67. The third-order valence-corrected chi connectivity index (χ3v) is 4.60. The molecule has 1 aliphatic rings. The Bertz CT molecular complexity index is 945. The molecule has 2 aromatic rings. The summed E-state index contributed by atoms with van der Waals surface area (Å²) >= 11 is 0. The molecular formula is C19H25N5O7. The van der Waals surface area contributed by atoms with Crippen molar-refractivity contribution >= 4 is 29.4 Å². The summed E-state index contributed by atoms with van der Waals surface area (Å²) in [4.78, 5) is 38.7. The number of anilines is 1. The Balaban J connectivity index is 1.60. The number of hydrogen-bond acceptors (Lipinski definition) is 10. The third-order valence-electron chi connectivity index (χ3n) is 4.60. The highest BCUT2D eigenvalue weighted by molar-refractivity contribution is 5.88. The van der Waals surface area contributed by atoms with E-state index < -0.39 is 24.8 Å². The van der Waals surface area contributed by atoms with Crippen LogP contribution < -0.4 is 11.1 Å². The van der Waals surface area contributed by atoms with Crippen LogP contribution in [0.15, 0.2) is 18.5 Å². The van der Waals surface area contributed by atoms with E-state index in [1.165, 1.54) is 6.33 Å². The molecule has 12 heteroatoms. The van der Waals surface area contributed by atoms with Gasteiger partial charge in [0.05, 0.1) is 24.3 Å². The smallest absolute Gasteiger partial charge is 0.415 e. The van der Waals surface area contributed by atoms with Crippen LogP contribution in [-0.4, -0.2) is 58.7 Å². The molecule has 0 radical (unpaired) electrons. The summed E-state index contributed by atoms with van der Waals surface area (Å²) in [6.07, 6.45) is 1.42. The van der Waals surface area contributed by atoms with E-state index in [2.05, 4.69) is 15.4 Å². The molecule has 2 unspecified atom stereocenters. The van der Waals surface area contributed by atoms with Gasteiger partial charge in [-0.25, -0.2) is 14.3 Å². The predicted octanol–water partition coefficient (Wildman–Crippen LogP) is 1.16. The van der Waals surface area contributed by atoms with Gasteiger partial charge in [0.25, 0.3) is 0 Å². The van der Waals surface area contributed by atoms with Crippen molar-refractivity contribution < 1.29 is 33.3 Å². The molecule has 1 amide bonds. The van der Waals surface area contributed by atoms with Gasteiger partial charge in [0.2, 0.25) is 6.79 Å². The van der Waals surface area contributed by atoms with Gasteiger partial charge in [0.15, 0.2) is 5.82 Å². The fraction of sp³-hybridized carbons (Fsp3) is 0.526. The van der Waals surface area contributed by atoms with Crippen molar-refractivity contribution in [2.45, 2.75) is 38.9 Å². The monoisotopic (exact) mass is 435 g/mol.